The molecule has 1 aliphatic rings. The van der Waals surface area contributed by atoms with Gasteiger partial charge in [-0.05, 0) is 37.5 Å². The molecular formula is C19H23N3O. The molecule has 2 N–H and O–H groups in total. The number of carbonyl (C=O) groups excluding carboxylic acids is 1. The van der Waals surface area contributed by atoms with Crippen LogP contribution in [0.15, 0.2) is 42.6 Å². The third-order valence-corrected chi connectivity index (χ3v) is 4.30. The molecular weight excluding hydrogens is 286 g/mol. The molecule has 0 spiro atoms. The minimum atomic E-state index is -0.0733. The Morgan fingerprint density at radius 2 is 1.91 bits per heavy atom. The van der Waals surface area contributed by atoms with E-state index in [2.05, 4.69) is 46.8 Å². The molecule has 1 amide bonds. The largest absolute Gasteiger partial charge is 0.381 e. The number of amides is 1. The molecule has 0 unspecified atom stereocenters. The van der Waals surface area contributed by atoms with Crippen LogP contribution in [0.25, 0.3) is 0 Å². The quantitative estimate of drug-likeness (QED) is 0.886. The second kappa shape index (κ2) is 7.27. The Hall–Kier alpha value is -2.36. The third-order valence-electron chi connectivity index (χ3n) is 4.30. The maximum atomic E-state index is 12.3. The highest BCUT2D eigenvalue weighted by Crippen LogP contribution is 2.18. The lowest BCUT2D eigenvalue weighted by Gasteiger charge is -2.12. The number of hydrogen-bond acceptors (Lipinski definition) is 3. The average Bonchev–Trinajstić information content (AvgIpc) is 3.07. The van der Waals surface area contributed by atoms with E-state index in [0.717, 1.165) is 25.1 Å². The van der Waals surface area contributed by atoms with Gasteiger partial charge < -0.3 is 10.6 Å². The van der Waals surface area contributed by atoms with E-state index in [9.17, 15) is 4.79 Å². The summed E-state index contributed by atoms with van der Waals surface area (Å²) in [7, 11) is 0. The van der Waals surface area contributed by atoms with Crippen LogP contribution in [0.5, 0.6) is 0 Å². The van der Waals surface area contributed by atoms with E-state index in [0.29, 0.717) is 11.7 Å². The van der Waals surface area contributed by atoms with Crippen LogP contribution >= 0.6 is 0 Å². The van der Waals surface area contributed by atoms with Crippen molar-refractivity contribution in [1.29, 1.82) is 0 Å². The van der Waals surface area contributed by atoms with Gasteiger partial charge in [0, 0.05) is 24.5 Å². The molecule has 3 rings (SSSR count). The number of nitrogens with one attached hydrogen (secondary N) is 2. The first-order chi connectivity index (χ1) is 11.2. The molecule has 4 heteroatoms. The minimum absolute atomic E-state index is 0.0733. The summed E-state index contributed by atoms with van der Waals surface area (Å²) in [6, 6.07) is 12.4. The number of aromatic nitrogens is 1. The fourth-order valence-corrected chi connectivity index (χ4v) is 2.90. The van der Waals surface area contributed by atoms with E-state index < -0.39 is 0 Å². The van der Waals surface area contributed by atoms with E-state index in [1.165, 1.54) is 24.0 Å². The fourth-order valence-electron chi connectivity index (χ4n) is 2.90. The van der Waals surface area contributed by atoms with Crippen molar-refractivity contribution in [2.75, 3.05) is 5.32 Å². The molecule has 0 saturated heterocycles. The Balaban J connectivity index is 1.60. The van der Waals surface area contributed by atoms with Crippen molar-refractivity contribution in [2.24, 2.45) is 0 Å². The molecule has 1 aromatic heterocycles. The van der Waals surface area contributed by atoms with Gasteiger partial charge in [0.15, 0.2) is 0 Å². The number of anilines is 1. The number of rotatable bonds is 5. The maximum Gasteiger partial charge on any atom is 0.270 e. The van der Waals surface area contributed by atoms with Gasteiger partial charge in [0.05, 0.1) is 0 Å². The predicted octanol–water partition coefficient (Wildman–Crippen LogP) is 3.67. The highest BCUT2D eigenvalue weighted by Gasteiger charge is 2.18. The first-order valence-corrected chi connectivity index (χ1v) is 8.27. The van der Waals surface area contributed by atoms with Gasteiger partial charge in [0.25, 0.3) is 5.91 Å². The number of carbonyl (C=O) groups is 1. The zero-order valence-corrected chi connectivity index (χ0v) is 13.5. The van der Waals surface area contributed by atoms with Crippen molar-refractivity contribution in [3.63, 3.8) is 0 Å². The highest BCUT2D eigenvalue weighted by atomic mass is 16.1. The van der Waals surface area contributed by atoms with Gasteiger partial charge in [0.1, 0.15) is 5.69 Å². The van der Waals surface area contributed by atoms with Crippen molar-refractivity contribution >= 4 is 11.6 Å². The first-order valence-electron chi connectivity index (χ1n) is 8.27. The Bertz CT molecular complexity index is 661. The molecule has 1 heterocycles. The van der Waals surface area contributed by atoms with Crippen LogP contribution in [0.1, 0.15) is 47.3 Å². The van der Waals surface area contributed by atoms with E-state index in [1.54, 1.807) is 6.20 Å². The molecule has 0 radical (unpaired) electrons. The zero-order chi connectivity index (χ0) is 16.1. The number of benzene rings is 1. The molecule has 0 atom stereocenters. The smallest absolute Gasteiger partial charge is 0.270 e. The van der Waals surface area contributed by atoms with Crippen molar-refractivity contribution in [3.8, 4) is 0 Å². The normalized spacial score (nSPS) is 14.7. The fraction of sp³-hybridized carbons (Fsp3) is 0.368. The molecule has 1 fully saturated rings. The summed E-state index contributed by atoms with van der Waals surface area (Å²) in [5.41, 5.74) is 3.86. The van der Waals surface area contributed by atoms with Gasteiger partial charge in [-0.3, -0.25) is 9.78 Å². The van der Waals surface area contributed by atoms with Gasteiger partial charge >= 0.3 is 0 Å². The number of pyridine rings is 1. The Morgan fingerprint density at radius 1 is 1.17 bits per heavy atom. The zero-order valence-electron chi connectivity index (χ0n) is 13.5. The second-order valence-electron chi connectivity index (χ2n) is 6.22. The molecule has 1 saturated carbocycles. The van der Waals surface area contributed by atoms with Crippen LogP contribution in [-0.4, -0.2) is 16.9 Å². The standard InChI is InChI=1S/C19H23N3O/c1-14-6-8-15(9-7-14)13-21-17-10-11-20-18(12-17)19(23)22-16-4-2-3-5-16/h6-12,16H,2-5,13H2,1H3,(H,20,21)(H,22,23). The second-order valence-corrected chi connectivity index (χ2v) is 6.22. The summed E-state index contributed by atoms with van der Waals surface area (Å²) < 4.78 is 0. The first kappa shape index (κ1) is 15.5. The minimum Gasteiger partial charge on any atom is -0.381 e. The van der Waals surface area contributed by atoms with Crippen LogP contribution in [0.3, 0.4) is 0 Å². The van der Waals surface area contributed by atoms with Crippen LogP contribution < -0.4 is 10.6 Å². The Kier molecular flexibility index (Phi) is 4.91. The van der Waals surface area contributed by atoms with Crippen molar-refractivity contribution in [3.05, 3.63) is 59.4 Å². The van der Waals surface area contributed by atoms with Crippen molar-refractivity contribution in [2.45, 2.75) is 45.2 Å². The summed E-state index contributed by atoms with van der Waals surface area (Å²) >= 11 is 0. The Morgan fingerprint density at radius 3 is 2.65 bits per heavy atom. The molecule has 1 aliphatic carbocycles. The van der Waals surface area contributed by atoms with E-state index in [-0.39, 0.29) is 5.91 Å². The lowest BCUT2D eigenvalue weighted by atomic mass is 10.1. The van der Waals surface area contributed by atoms with Gasteiger partial charge in [-0.15, -0.1) is 0 Å². The molecule has 1 aromatic carbocycles. The average molecular weight is 309 g/mol. The van der Waals surface area contributed by atoms with Gasteiger partial charge in [-0.2, -0.15) is 0 Å². The van der Waals surface area contributed by atoms with Gasteiger partial charge in [-0.25, -0.2) is 0 Å². The van der Waals surface area contributed by atoms with Crippen LogP contribution in [0.2, 0.25) is 0 Å². The third kappa shape index (κ3) is 4.31. The maximum absolute atomic E-state index is 12.3. The van der Waals surface area contributed by atoms with E-state index in [4.69, 9.17) is 0 Å². The van der Waals surface area contributed by atoms with Gasteiger partial charge in [-0.1, -0.05) is 42.7 Å². The van der Waals surface area contributed by atoms with Crippen LogP contribution in [-0.2, 0) is 6.54 Å². The summed E-state index contributed by atoms with van der Waals surface area (Å²) in [6.45, 7) is 2.81. The molecule has 0 aliphatic heterocycles. The summed E-state index contributed by atoms with van der Waals surface area (Å²) in [5.74, 6) is -0.0733. The van der Waals surface area contributed by atoms with Crippen LogP contribution in [0, 0.1) is 6.92 Å². The summed E-state index contributed by atoms with van der Waals surface area (Å²) in [4.78, 5) is 16.5. The molecule has 0 bridgehead atoms. The van der Waals surface area contributed by atoms with Crippen molar-refractivity contribution in [1.82, 2.24) is 10.3 Å². The summed E-state index contributed by atoms with van der Waals surface area (Å²) in [6.07, 6.45) is 6.25. The molecule has 120 valence electrons. The number of aryl methyl sites for hydroxylation is 1. The lowest BCUT2D eigenvalue weighted by Crippen LogP contribution is -2.33. The number of hydrogen-bond donors (Lipinski definition) is 2. The molecule has 4 nitrogen and oxygen atoms in total. The monoisotopic (exact) mass is 309 g/mol. The number of nitrogens with zero attached hydrogens (tertiary/aromatic N) is 1. The summed E-state index contributed by atoms with van der Waals surface area (Å²) in [5, 5.41) is 6.42. The van der Waals surface area contributed by atoms with E-state index >= 15 is 0 Å². The molecule has 23 heavy (non-hydrogen) atoms. The Labute approximate surface area is 137 Å². The topological polar surface area (TPSA) is 54.0 Å². The van der Waals surface area contributed by atoms with E-state index in [1.807, 2.05) is 12.1 Å². The predicted molar refractivity (Wildman–Crippen MR) is 92.5 cm³/mol. The van der Waals surface area contributed by atoms with Crippen LogP contribution in [0.4, 0.5) is 5.69 Å². The lowest BCUT2D eigenvalue weighted by molar-refractivity contribution is 0.0933. The van der Waals surface area contributed by atoms with Gasteiger partial charge in [0.2, 0.25) is 0 Å². The highest BCUT2D eigenvalue weighted by molar-refractivity contribution is 5.93. The SMILES string of the molecule is Cc1ccc(CNc2ccnc(C(=O)NC3CCCC3)c2)cc1. The van der Waals surface area contributed by atoms with Crippen molar-refractivity contribution < 1.29 is 4.79 Å². The molecule has 2 aromatic rings.